The van der Waals surface area contributed by atoms with Gasteiger partial charge in [-0.05, 0) is 57.6 Å². The number of hydrogen-bond acceptors (Lipinski definition) is 6. The van der Waals surface area contributed by atoms with Gasteiger partial charge in [0.1, 0.15) is 35.7 Å². The van der Waals surface area contributed by atoms with Gasteiger partial charge in [0.05, 0.1) is 23.3 Å². The van der Waals surface area contributed by atoms with Crippen molar-refractivity contribution in [3.05, 3.63) is 41.1 Å². The molecule has 1 saturated heterocycles. The smallest absolute Gasteiger partial charge is 0.255 e. The Balaban J connectivity index is 1.48. The molecule has 36 heavy (non-hydrogen) atoms. The van der Waals surface area contributed by atoms with Gasteiger partial charge in [0.2, 0.25) is 5.91 Å². The van der Waals surface area contributed by atoms with Gasteiger partial charge in [0, 0.05) is 24.3 Å². The summed E-state index contributed by atoms with van der Waals surface area (Å²) in [5, 5.41) is 12.2. The minimum Gasteiger partial charge on any atom is -0.492 e. The fourth-order valence-corrected chi connectivity index (χ4v) is 4.92. The van der Waals surface area contributed by atoms with Crippen LogP contribution in [0.4, 0.5) is 4.39 Å². The fraction of sp³-hybridized carbons (Fsp3) is 0.462. The molecule has 2 amide bonds. The number of likely N-dealkylation sites (tertiary alicyclic amines) is 1. The van der Waals surface area contributed by atoms with E-state index in [1.807, 2.05) is 6.92 Å². The lowest BCUT2D eigenvalue weighted by Crippen LogP contribution is -2.40. The second kappa shape index (κ2) is 9.50. The van der Waals surface area contributed by atoms with Crippen LogP contribution in [0, 0.1) is 25.6 Å². The zero-order chi connectivity index (χ0) is 25.6. The molecule has 2 atom stereocenters. The van der Waals surface area contributed by atoms with Crippen LogP contribution in [0.3, 0.4) is 0 Å². The summed E-state index contributed by atoms with van der Waals surface area (Å²) in [6, 6.07) is 3.09. The van der Waals surface area contributed by atoms with Gasteiger partial charge in [-0.3, -0.25) is 9.59 Å². The number of benzene rings is 1. The molecule has 1 aromatic carbocycles. The summed E-state index contributed by atoms with van der Waals surface area (Å²) in [4.78, 5) is 38.8. The van der Waals surface area contributed by atoms with E-state index in [0.29, 0.717) is 64.8 Å². The van der Waals surface area contributed by atoms with Gasteiger partial charge in [-0.25, -0.2) is 14.4 Å². The van der Waals surface area contributed by atoms with Crippen molar-refractivity contribution >= 4 is 22.8 Å². The van der Waals surface area contributed by atoms with Gasteiger partial charge < -0.3 is 25.0 Å². The molecular formula is C26H30FN5O4. The zero-order valence-electron chi connectivity index (χ0n) is 20.6. The number of H-pyrrole nitrogens is 1. The number of carbonyl (C=O) groups is 2. The van der Waals surface area contributed by atoms with E-state index in [1.165, 1.54) is 6.33 Å². The van der Waals surface area contributed by atoms with E-state index in [0.717, 1.165) is 12.8 Å². The van der Waals surface area contributed by atoms with Crippen LogP contribution in [0.5, 0.6) is 5.75 Å². The number of ether oxygens (including phenoxy) is 1. The van der Waals surface area contributed by atoms with Crippen molar-refractivity contribution in [1.29, 1.82) is 0 Å². The number of nitrogens with zero attached hydrogens (tertiary/aromatic N) is 3. The summed E-state index contributed by atoms with van der Waals surface area (Å²) < 4.78 is 21.4. The van der Waals surface area contributed by atoms with Gasteiger partial charge in [-0.1, -0.05) is 6.07 Å². The van der Waals surface area contributed by atoms with Gasteiger partial charge in [0.25, 0.3) is 5.91 Å². The molecule has 190 valence electrons. The Morgan fingerprint density at radius 2 is 2.06 bits per heavy atom. The van der Waals surface area contributed by atoms with E-state index in [1.54, 1.807) is 30.9 Å². The highest BCUT2D eigenvalue weighted by molar-refractivity contribution is 6.09. The molecule has 10 heteroatoms. The lowest BCUT2D eigenvalue weighted by Gasteiger charge is -2.19. The summed E-state index contributed by atoms with van der Waals surface area (Å²) >= 11 is 0. The van der Waals surface area contributed by atoms with Gasteiger partial charge in [0.15, 0.2) is 0 Å². The summed E-state index contributed by atoms with van der Waals surface area (Å²) in [7, 11) is 0. The topological polar surface area (TPSA) is 120 Å². The standard InChI is InChI=1S/C26H30FN5O4/c1-13-4-7-18(36-11-16-5-6-16)21(22(13)27)24-25-23(28-12-29-24)20(15(3)30-25)26(35)31-17-8-14(2)32(9-17)19(34)10-33/h4,7,12,14,16-17,30,33H,5-6,8-11H2,1-3H3,(H,31,35)/t14?,17-/m0/s1. The Kier molecular flexibility index (Phi) is 6.38. The van der Waals surface area contributed by atoms with Crippen molar-refractivity contribution in [3.63, 3.8) is 0 Å². The number of nitrogens with one attached hydrogen (secondary N) is 2. The summed E-state index contributed by atoms with van der Waals surface area (Å²) in [5.41, 5.74) is 2.82. The molecule has 3 N–H and O–H groups in total. The van der Waals surface area contributed by atoms with E-state index in [-0.39, 0.29) is 29.5 Å². The van der Waals surface area contributed by atoms with Crippen LogP contribution in [-0.2, 0) is 4.79 Å². The molecule has 9 nitrogen and oxygen atoms in total. The lowest BCUT2D eigenvalue weighted by atomic mass is 10.0. The predicted molar refractivity (Wildman–Crippen MR) is 131 cm³/mol. The maximum atomic E-state index is 15.4. The molecule has 1 saturated carbocycles. The summed E-state index contributed by atoms with van der Waals surface area (Å²) in [5.74, 6) is -0.210. The third-order valence-electron chi connectivity index (χ3n) is 7.07. The van der Waals surface area contributed by atoms with Crippen LogP contribution in [-0.4, -0.2) is 68.6 Å². The average Bonchev–Trinajstić information content (AvgIpc) is 3.52. The number of fused-ring (bicyclic) bond motifs is 1. The Bertz CT molecular complexity index is 1340. The first kappa shape index (κ1) is 24.2. The van der Waals surface area contributed by atoms with Crippen molar-refractivity contribution in [2.75, 3.05) is 19.8 Å². The van der Waals surface area contributed by atoms with Crippen LogP contribution in [0.15, 0.2) is 18.5 Å². The Labute approximate surface area is 208 Å². The van der Waals surface area contributed by atoms with E-state index in [4.69, 9.17) is 4.74 Å². The minimum atomic E-state index is -0.561. The first-order valence-electron chi connectivity index (χ1n) is 12.2. The maximum absolute atomic E-state index is 15.4. The summed E-state index contributed by atoms with van der Waals surface area (Å²) in [6.07, 6.45) is 4.13. The predicted octanol–water partition coefficient (Wildman–Crippen LogP) is 2.88. The van der Waals surface area contributed by atoms with E-state index in [2.05, 4.69) is 20.3 Å². The molecule has 1 aliphatic carbocycles. The molecular weight excluding hydrogens is 465 g/mol. The van der Waals surface area contributed by atoms with Crippen LogP contribution in [0.25, 0.3) is 22.3 Å². The zero-order valence-corrected chi connectivity index (χ0v) is 20.6. The Hall–Kier alpha value is -3.53. The quantitative estimate of drug-likeness (QED) is 0.464. The number of amides is 2. The largest absolute Gasteiger partial charge is 0.492 e. The number of aryl methyl sites for hydroxylation is 2. The number of aromatic amines is 1. The van der Waals surface area contributed by atoms with Crippen LogP contribution in [0.1, 0.15) is 47.8 Å². The molecule has 2 fully saturated rings. The van der Waals surface area contributed by atoms with Gasteiger partial charge >= 0.3 is 0 Å². The average molecular weight is 496 g/mol. The van der Waals surface area contributed by atoms with Gasteiger partial charge in [-0.15, -0.1) is 0 Å². The maximum Gasteiger partial charge on any atom is 0.255 e. The monoisotopic (exact) mass is 495 g/mol. The highest BCUT2D eigenvalue weighted by Crippen LogP contribution is 2.39. The molecule has 5 rings (SSSR count). The number of aromatic nitrogens is 3. The SMILES string of the molecule is Cc1ccc(OCC2CC2)c(-c2ncnc3c(C(=O)N[C@H]4CC(C)N(C(=O)CO)C4)c(C)[nH]c23)c1F. The molecule has 2 aromatic heterocycles. The van der Waals surface area contributed by atoms with Gasteiger partial charge in [-0.2, -0.15) is 0 Å². The second-order valence-electron chi connectivity index (χ2n) is 9.85. The number of aliphatic hydroxyl groups is 1. The first-order chi connectivity index (χ1) is 17.3. The minimum absolute atomic E-state index is 0.0914. The third-order valence-corrected chi connectivity index (χ3v) is 7.07. The highest BCUT2D eigenvalue weighted by Gasteiger charge is 2.34. The molecule has 1 aliphatic heterocycles. The molecule has 2 aliphatic rings. The van der Waals surface area contributed by atoms with Crippen molar-refractivity contribution < 1.29 is 23.8 Å². The highest BCUT2D eigenvalue weighted by atomic mass is 19.1. The normalized spacial score (nSPS) is 19.6. The molecule has 3 heterocycles. The van der Waals surface area contributed by atoms with E-state index >= 15 is 4.39 Å². The van der Waals surface area contributed by atoms with Crippen LogP contribution < -0.4 is 10.1 Å². The molecule has 3 aromatic rings. The molecule has 1 unspecified atom stereocenters. The Morgan fingerprint density at radius 1 is 1.28 bits per heavy atom. The number of carbonyl (C=O) groups excluding carboxylic acids is 2. The van der Waals surface area contributed by atoms with Crippen LogP contribution >= 0.6 is 0 Å². The van der Waals surface area contributed by atoms with Crippen molar-refractivity contribution in [3.8, 4) is 17.0 Å². The first-order valence-corrected chi connectivity index (χ1v) is 12.2. The van der Waals surface area contributed by atoms with Crippen molar-refractivity contribution in [2.24, 2.45) is 5.92 Å². The molecule has 0 spiro atoms. The number of rotatable bonds is 7. The summed E-state index contributed by atoms with van der Waals surface area (Å²) in [6.45, 7) is 5.62. The fourth-order valence-electron chi connectivity index (χ4n) is 4.92. The molecule has 0 radical (unpaired) electrons. The third kappa shape index (κ3) is 4.41. The number of halogens is 1. The second-order valence-corrected chi connectivity index (χ2v) is 9.85. The van der Waals surface area contributed by atoms with E-state index in [9.17, 15) is 14.7 Å². The van der Waals surface area contributed by atoms with Crippen molar-refractivity contribution in [2.45, 2.75) is 52.1 Å². The van der Waals surface area contributed by atoms with E-state index < -0.39 is 12.4 Å². The number of hydrogen-bond donors (Lipinski definition) is 3. The van der Waals surface area contributed by atoms with Crippen molar-refractivity contribution in [1.82, 2.24) is 25.2 Å². The molecule has 0 bridgehead atoms. The Morgan fingerprint density at radius 3 is 2.78 bits per heavy atom. The number of aliphatic hydroxyl groups excluding tert-OH is 1. The lowest BCUT2D eigenvalue weighted by molar-refractivity contribution is -0.134. The van der Waals surface area contributed by atoms with Crippen LogP contribution in [0.2, 0.25) is 0 Å².